The molecule has 4 nitrogen and oxygen atoms in total. The van der Waals surface area contributed by atoms with Crippen LogP contribution in [0.4, 0.5) is 4.39 Å². The lowest BCUT2D eigenvalue weighted by molar-refractivity contribution is -0.175. The first-order valence-corrected chi connectivity index (χ1v) is 10.3. The first-order valence-electron chi connectivity index (χ1n) is 10.3. The van der Waals surface area contributed by atoms with Gasteiger partial charge in [-0.05, 0) is 48.1 Å². The summed E-state index contributed by atoms with van der Waals surface area (Å²) >= 11 is 0. The largest absolute Gasteiger partial charge is 0.347 e. The highest BCUT2D eigenvalue weighted by atomic mass is 19.1. The number of ketones is 1. The van der Waals surface area contributed by atoms with Gasteiger partial charge in [0.15, 0.2) is 5.79 Å². The Morgan fingerprint density at radius 2 is 2.00 bits per heavy atom. The molecule has 0 amide bonds. The van der Waals surface area contributed by atoms with E-state index in [1.807, 2.05) is 24.3 Å². The van der Waals surface area contributed by atoms with Crippen LogP contribution in [0.5, 0.6) is 0 Å². The molecule has 0 bridgehead atoms. The van der Waals surface area contributed by atoms with Gasteiger partial charge in [-0.25, -0.2) is 4.39 Å². The molecule has 0 radical (unpaired) electrons. The molecule has 1 aromatic heterocycles. The minimum absolute atomic E-state index is 0.132. The van der Waals surface area contributed by atoms with Crippen LogP contribution in [0.3, 0.4) is 0 Å². The van der Waals surface area contributed by atoms with Crippen molar-refractivity contribution >= 4 is 11.9 Å². The Morgan fingerprint density at radius 3 is 2.76 bits per heavy atom. The molecule has 0 unspecified atom stereocenters. The van der Waals surface area contributed by atoms with Crippen LogP contribution in [0.1, 0.15) is 31.4 Å². The lowest BCUT2D eigenvalue weighted by Crippen LogP contribution is -2.35. The minimum atomic E-state index is -0.585. The topological polar surface area (TPSA) is 48.4 Å². The molecule has 0 N–H and O–H groups in total. The maximum atomic E-state index is 13.5. The van der Waals surface area contributed by atoms with Gasteiger partial charge in [0.05, 0.1) is 18.9 Å². The third-order valence-electron chi connectivity index (χ3n) is 6.56. The predicted molar refractivity (Wildman–Crippen MR) is 107 cm³/mol. The van der Waals surface area contributed by atoms with Crippen LogP contribution in [0, 0.1) is 23.6 Å². The summed E-state index contributed by atoms with van der Waals surface area (Å²) in [7, 11) is 0. The van der Waals surface area contributed by atoms with Crippen molar-refractivity contribution in [3.63, 3.8) is 0 Å². The number of hydrogen-bond donors (Lipinski definition) is 0. The van der Waals surface area contributed by atoms with E-state index in [2.05, 4.69) is 11.1 Å². The van der Waals surface area contributed by atoms with E-state index in [1.54, 1.807) is 12.3 Å². The van der Waals surface area contributed by atoms with Crippen molar-refractivity contribution in [2.24, 2.45) is 17.8 Å². The number of aromatic nitrogens is 1. The van der Waals surface area contributed by atoms with E-state index in [0.29, 0.717) is 43.7 Å². The molecule has 5 rings (SSSR count). The Morgan fingerprint density at radius 1 is 1.14 bits per heavy atom. The lowest BCUT2D eigenvalue weighted by atomic mass is 9.77. The Labute approximate surface area is 169 Å². The van der Waals surface area contributed by atoms with Crippen molar-refractivity contribution in [2.75, 3.05) is 13.2 Å². The molecule has 150 valence electrons. The molecule has 2 aliphatic carbocycles. The monoisotopic (exact) mass is 393 g/mol. The minimum Gasteiger partial charge on any atom is -0.347 e. The van der Waals surface area contributed by atoms with E-state index in [9.17, 15) is 9.18 Å². The molecule has 3 fully saturated rings. The molecule has 5 heteroatoms. The number of Topliss-reactive ketones (excluding diaryl/α,β-unsaturated/α-hetero) is 1. The fourth-order valence-corrected chi connectivity index (χ4v) is 5.25. The van der Waals surface area contributed by atoms with Gasteiger partial charge in [-0.15, -0.1) is 0 Å². The van der Waals surface area contributed by atoms with Crippen LogP contribution in [-0.4, -0.2) is 29.8 Å². The fourth-order valence-electron chi connectivity index (χ4n) is 5.25. The number of nitrogens with zero attached hydrogens (tertiary/aromatic N) is 1. The Hall–Kier alpha value is -2.37. The number of fused-ring (bicyclic) bond motifs is 1. The van der Waals surface area contributed by atoms with Crippen molar-refractivity contribution in [2.45, 2.75) is 31.5 Å². The number of rotatable bonds is 3. The number of halogens is 1. The Balaban J connectivity index is 1.37. The van der Waals surface area contributed by atoms with Gasteiger partial charge in [0.25, 0.3) is 0 Å². The summed E-state index contributed by atoms with van der Waals surface area (Å²) in [5, 5.41) is 0. The van der Waals surface area contributed by atoms with Crippen LogP contribution in [0.25, 0.3) is 17.2 Å². The van der Waals surface area contributed by atoms with Gasteiger partial charge >= 0.3 is 0 Å². The molecule has 3 atom stereocenters. The zero-order valence-electron chi connectivity index (χ0n) is 16.2. The van der Waals surface area contributed by atoms with Gasteiger partial charge in [0, 0.05) is 36.9 Å². The zero-order chi connectivity index (χ0) is 19.8. The standard InChI is InChI=1S/C24H24FNO3/c25-19-3-1-2-16(12-19)17-4-5-20(26-15-17)6-9-23-22-8-7-21(27)13-18(22)14-24(23)28-10-11-29-24/h1-6,9,12,15,18,22-23H,7-8,10-11,13-14H2/t18-,22-,23-/m0/s1. The van der Waals surface area contributed by atoms with Crippen LogP contribution < -0.4 is 0 Å². The summed E-state index contributed by atoms with van der Waals surface area (Å²) in [4.78, 5) is 16.5. The second-order valence-corrected chi connectivity index (χ2v) is 8.29. The maximum Gasteiger partial charge on any atom is 0.175 e. The van der Waals surface area contributed by atoms with E-state index in [0.717, 1.165) is 29.7 Å². The number of carbonyl (C=O) groups is 1. The molecule has 3 aliphatic rings. The summed E-state index contributed by atoms with van der Waals surface area (Å²) in [5.74, 6) is 0.403. The second-order valence-electron chi connectivity index (χ2n) is 8.29. The first kappa shape index (κ1) is 18.6. The molecular weight excluding hydrogens is 369 g/mol. The quantitative estimate of drug-likeness (QED) is 0.762. The molecule has 2 heterocycles. The normalized spacial score (nSPS) is 28.3. The maximum absolute atomic E-state index is 13.5. The molecule has 1 saturated heterocycles. The van der Waals surface area contributed by atoms with Crippen LogP contribution in [0.2, 0.25) is 0 Å². The number of ether oxygens (including phenoxy) is 2. The molecule has 1 aromatic carbocycles. The fraction of sp³-hybridized carbons (Fsp3) is 0.417. The van der Waals surface area contributed by atoms with Gasteiger partial charge < -0.3 is 9.47 Å². The van der Waals surface area contributed by atoms with Crippen molar-refractivity contribution in [3.8, 4) is 11.1 Å². The summed E-state index contributed by atoms with van der Waals surface area (Å²) in [6.07, 6.45) is 8.95. The predicted octanol–water partition coefficient (Wildman–Crippen LogP) is 4.65. The summed E-state index contributed by atoms with van der Waals surface area (Å²) in [6, 6.07) is 10.4. The lowest BCUT2D eigenvalue weighted by Gasteiger charge is -2.31. The van der Waals surface area contributed by atoms with Gasteiger partial charge in [0.1, 0.15) is 11.6 Å². The smallest absolute Gasteiger partial charge is 0.175 e. The van der Waals surface area contributed by atoms with Crippen molar-refractivity contribution in [1.82, 2.24) is 4.98 Å². The highest BCUT2D eigenvalue weighted by Gasteiger charge is 2.57. The van der Waals surface area contributed by atoms with E-state index >= 15 is 0 Å². The molecule has 29 heavy (non-hydrogen) atoms. The van der Waals surface area contributed by atoms with Crippen LogP contribution >= 0.6 is 0 Å². The van der Waals surface area contributed by atoms with Crippen molar-refractivity contribution < 1.29 is 18.7 Å². The summed E-state index contributed by atoms with van der Waals surface area (Å²) < 4.78 is 25.6. The SMILES string of the molecule is O=C1CC[C@H]2[C@@H](C1)CC1(OCCO1)[C@H]2C=Cc1ccc(-c2cccc(F)c2)cn1. The van der Waals surface area contributed by atoms with Crippen LogP contribution in [-0.2, 0) is 14.3 Å². The van der Waals surface area contributed by atoms with E-state index in [4.69, 9.17) is 9.47 Å². The van der Waals surface area contributed by atoms with E-state index in [-0.39, 0.29) is 11.7 Å². The number of carbonyl (C=O) groups excluding carboxylic acids is 1. The summed E-state index contributed by atoms with van der Waals surface area (Å²) in [5.41, 5.74) is 2.53. The van der Waals surface area contributed by atoms with Gasteiger partial charge in [0.2, 0.25) is 0 Å². The molecule has 2 saturated carbocycles. The zero-order valence-corrected chi connectivity index (χ0v) is 16.2. The van der Waals surface area contributed by atoms with Crippen molar-refractivity contribution in [3.05, 3.63) is 60.2 Å². The summed E-state index contributed by atoms with van der Waals surface area (Å²) in [6.45, 7) is 1.22. The van der Waals surface area contributed by atoms with E-state index < -0.39 is 5.79 Å². The average molecular weight is 393 g/mol. The van der Waals surface area contributed by atoms with Crippen LogP contribution in [0.15, 0.2) is 48.7 Å². The average Bonchev–Trinajstić information content (AvgIpc) is 3.31. The molecule has 2 aromatic rings. The number of pyridine rings is 1. The highest BCUT2D eigenvalue weighted by molar-refractivity contribution is 5.79. The highest BCUT2D eigenvalue weighted by Crippen LogP contribution is 2.54. The molecule has 1 spiro atoms. The third-order valence-corrected chi connectivity index (χ3v) is 6.56. The first-order chi connectivity index (χ1) is 14.1. The van der Waals surface area contributed by atoms with Gasteiger partial charge in [-0.3, -0.25) is 9.78 Å². The van der Waals surface area contributed by atoms with Crippen molar-refractivity contribution in [1.29, 1.82) is 0 Å². The third kappa shape index (κ3) is 3.53. The molecule has 1 aliphatic heterocycles. The Kier molecular flexibility index (Phi) is 4.80. The Bertz CT molecular complexity index is 933. The number of benzene rings is 1. The van der Waals surface area contributed by atoms with Gasteiger partial charge in [-0.2, -0.15) is 0 Å². The second kappa shape index (κ2) is 7.47. The number of hydrogen-bond acceptors (Lipinski definition) is 4. The molecular formula is C24H24FNO3. The van der Waals surface area contributed by atoms with E-state index in [1.165, 1.54) is 12.1 Å². The van der Waals surface area contributed by atoms with Gasteiger partial charge in [-0.1, -0.05) is 24.3 Å².